The van der Waals surface area contributed by atoms with Crippen LogP contribution in [0, 0.1) is 5.92 Å². The lowest BCUT2D eigenvalue weighted by Crippen LogP contribution is -2.31. The Balaban J connectivity index is 2.57. The zero-order chi connectivity index (χ0) is 15.8. The molecular formula is C14H14F3NO3. The van der Waals surface area contributed by atoms with E-state index < -0.39 is 35.6 Å². The van der Waals surface area contributed by atoms with E-state index in [9.17, 15) is 27.9 Å². The van der Waals surface area contributed by atoms with Crippen LogP contribution >= 0.6 is 0 Å². The molecule has 1 N–H and O–H groups in total. The molecule has 1 aliphatic rings. The summed E-state index contributed by atoms with van der Waals surface area (Å²) in [7, 11) is 0. The van der Waals surface area contributed by atoms with Gasteiger partial charge in [-0.05, 0) is 18.6 Å². The zero-order valence-corrected chi connectivity index (χ0v) is 11.2. The van der Waals surface area contributed by atoms with Crippen molar-refractivity contribution in [2.75, 3.05) is 6.54 Å². The molecule has 1 fully saturated rings. The number of hydrogen-bond acceptors (Lipinski definition) is 2. The van der Waals surface area contributed by atoms with Gasteiger partial charge in [-0.15, -0.1) is 0 Å². The van der Waals surface area contributed by atoms with Crippen molar-refractivity contribution in [2.24, 2.45) is 5.92 Å². The van der Waals surface area contributed by atoms with Crippen LogP contribution in [0.2, 0.25) is 0 Å². The van der Waals surface area contributed by atoms with E-state index in [4.69, 9.17) is 0 Å². The number of rotatable bonds is 3. The number of aliphatic carboxylic acids is 1. The van der Waals surface area contributed by atoms with Gasteiger partial charge in [-0.2, -0.15) is 13.2 Å². The second-order valence-electron chi connectivity index (χ2n) is 4.86. The number of carboxylic acid groups (broad SMARTS) is 1. The molecule has 1 aliphatic heterocycles. The molecule has 0 bridgehead atoms. The molecule has 0 aliphatic carbocycles. The van der Waals surface area contributed by atoms with Gasteiger partial charge in [0.1, 0.15) is 0 Å². The van der Waals surface area contributed by atoms with Gasteiger partial charge in [0, 0.05) is 13.0 Å². The number of carbonyl (C=O) groups excluding carboxylic acids is 1. The van der Waals surface area contributed by atoms with Crippen molar-refractivity contribution < 1.29 is 27.9 Å². The number of amides is 1. The molecule has 4 nitrogen and oxygen atoms in total. The van der Waals surface area contributed by atoms with E-state index in [1.807, 2.05) is 0 Å². The molecule has 1 amide bonds. The number of benzene rings is 1. The first-order valence-corrected chi connectivity index (χ1v) is 6.45. The number of halogens is 3. The summed E-state index contributed by atoms with van der Waals surface area (Å²) in [5, 5.41) is 9.21. The number of hydrogen-bond donors (Lipinski definition) is 1. The molecule has 21 heavy (non-hydrogen) atoms. The Kier molecular flexibility index (Phi) is 3.93. The third kappa shape index (κ3) is 2.72. The lowest BCUT2D eigenvalue weighted by molar-refractivity contribution is -0.144. The second-order valence-corrected chi connectivity index (χ2v) is 4.86. The van der Waals surface area contributed by atoms with Crippen molar-refractivity contribution in [3.05, 3.63) is 35.4 Å². The fourth-order valence-electron chi connectivity index (χ4n) is 2.78. The highest BCUT2D eigenvalue weighted by Crippen LogP contribution is 2.43. The highest BCUT2D eigenvalue weighted by molar-refractivity contribution is 5.87. The highest BCUT2D eigenvalue weighted by atomic mass is 19.4. The summed E-state index contributed by atoms with van der Waals surface area (Å²) in [5.74, 6) is -2.87. The van der Waals surface area contributed by atoms with Gasteiger partial charge >= 0.3 is 12.1 Å². The number of carboxylic acids is 1. The minimum absolute atomic E-state index is 0.162. The third-order valence-corrected chi connectivity index (χ3v) is 3.67. The molecule has 1 heterocycles. The molecule has 2 rings (SSSR count). The zero-order valence-electron chi connectivity index (χ0n) is 11.2. The van der Waals surface area contributed by atoms with Crippen molar-refractivity contribution in [1.29, 1.82) is 0 Å². The average molecular weight is 301 g/mol. The Morgan fingerprint density at radius 3 is 2.52 bits per heavy atom. The maximum atomic E-state index is 13.1. The number of nitrogens with zero attached hydrogens (tertiary/aromatic N) is 1. The molecule has 0 radical (unpaired) electrons. The van der Waals surface area contributed by atoms with Crippen LogP contribution in [0.4, 0.5) is 13.2 Å². The number of likely N-dealkylation sites (tertiary alicyclic amines) is 1. The first-order chi connectivity index (χ1) is 9.77. The van der Waals surface area contributed by atoms with Crippen LogP contribution in [-0.2, 0) is 15.8 Å². The predicted molar refractivity (Wildman–Crippen MR) is 67.3 cm³/mol. The summed E-state index contributed by atoms with van der Waals surface area (Å²) in [4.78, 5) is 24.3. The van der Waals surface area contributed by atoms with Crippen molar-refractivity contribution in [1.82, 2.24) is 4.90 Å². The van der Waals surface area contributed by atoms with Gasteiger partial charge in [-0.1, -0.05) is 18.2 Å². The molecule has 0 saturated carbocycles. The monoisotopic (exact) mass is 301 g/mol. The van der Waals surface area contributed by atoms with Gasteiger partial charge in [0.15, 0.2) is 0 Å². The van der Waals surface area contributed by atoms with E-state index in [0.29, 0.717) is 0 Å². The van der Waals surface area contributed by atoms with Crippen LogP contribution in [0.5, 0.6) is 0 Å². The SMILES string of the molecule is CCN1C(=O)CC(C(=O)O)C1c1ccccc1C(F)(F)F. The Hall–Kier alpha value is -2.05. The number of alkyl halides is 3. The van der Waals surface area contributed by atoms with Gasteiger partial charge in [0.2, 0.25) is 5.91 Å². The molecule has 1 aromatic carbocycles. The van der Waals surface area contributed by atoms with Gasteiger partial charge in [-0.3, -0.25) is 9.59 Å². The Labute approximate surface area is 119 Å². The van der Waals surface area contributed by atoms with Crippen LogP contribution in [0.15, 0.2) is 24.3 Å². The Bertz CT molecular complexity index is 571. The summed E-state index contributed by atoms with van der Waals surface area (Å²) in [5.41, 5.74) is -1.06. The summed E-state index contributed by atoms with van der Waals surface area (Å²) in [6.45, 7) is 1.78. The van der Waals surface area contributed by atoms with E-state index in [0.717, 1.165) is 6.07 Å². The predicted octanol–water partition coefficient (Wildman–Crippen LogP) is 2.70. The minimum Gasteiger partial charge on any atom is -0.481 e. The third-order valence-electron chi connectivity index (χ3n) is 3.67. The van der Waals surface area contributed by atoms with Crippen LogP contribution < -0.4 is 0 Å². The van der Waals surface area contributed by atoms with Gasteiger partial charge in [-0.25, -0.2) is 0 Å². The molecule has 1 aromatic rings. The first-order valence-electron chi connectivity index (χ1n) is 6.45. The van der Waals surface area contributed by atoms with Crippen LogP contribution in [0.25, 0.3) is 0 Å². The van der Waals surface area contributed by atoms with Gasteiger partial charge < -0.3 is 10.0 Å². The van der Waals surface area contributed by atoms with E-state index >= 15 is 0 Å². The van der Waals surface area contributed by atoms with Crippen LogP contribution in [-0.4, -0.2) is 28.4 Å². The maximum Gasteiger partial charge on any atom is 0.416 e. The molecule has 0 aromatic heterocycles. The fraction of sp³-hybridized carbons (Fsp3) is 0.429. The Morgan fingerprint density at radius 1 is 1.38 bits per heavy atom. The van der Waals surface area contributed by atoms with Crippen LogP contribution in [0.1, 0.15) is 30.5 Å². The van der Waals surface area contributed by atoms with Gasteiger partial charge in [0.05, 0.1) is 17.5 Å². The highest BCUT2D eigenvalue weighted by Gasteiger charge is 2.47. The summed E-state index contributed by atoms with van der Waals surface area (Å²) in [6, 6.07) is 3.73. The number of carbonyl (C=O) groups is 2. The van der Waals surface area contributed by atoms with Crippen molar-refractivity contribution >= 4 is 11.9 Å². The van der Waals surface area contributed by atoms with Gasteiger partial charge in [0.25, 0.3) is 0 Å². The van der Waals surface area contributed by atoms with Crippen molar-refractivity contribution in [3.8, 4) is 0 Å². The first kappa shape index (κ1) is 15.3. The molecular weight excluding hydrogens is 287 g/mol. The van der Waals surface area contributed by atoms with Crippen LogP contribution in [0.3, 0.4) is 0 Å². The summed E-state index contributed by atoms with van der Waals surface area (Å²) < 4.78 is 39.3. The molecule has 2 unspecified atom stereocenters. The van der Waals surface area contributed by atoms with E-state index in [-0.39, 0.29) is 18.5 Å². The molecule has 114 valence electrons. The summed E-state index contributed by atoms with van der Waals surface area (Å²) >= 11 is 0. The van der Waals surface area contributed by atoms with E-state index in [1.54, 1.807) is 6.92 Å². The summed E-state index contributed by atoms with van der Waals surface area (Å²) in [6.07, 6.45) is -4.87. The van der Waals surface area contributed by atoms with E-state index in [2.05, 4.69) is 0 Å². The molecule has 7 heteroatoms. The van der Waals surface area contributed by atoms with Crippen molar-refractivity contribution in [3.63, 3.8) is 0 Å². The lowest BCUT2D eigenvalue weighted by Gasteiger charge is -2.28. The lowest BCUT2D eigenvalue weighted by atomic mass is 9.90. The quantitative estimate of drug-likeness (QED) is 0.934. The fourth-order valence-corrected chi connectivity index (χ4v) is 2.78. The van der Waals surface area contributed by atoms with E-state index in [1.165, 1.54) is 23.1 Å². The largest absolute Gasteiger partial charge is 0.481 e. The molecule has 0 spiro atoms. The standard InChI is InChI=1S/C14H14F3NO3/c1-2-18-11(19)7-9(13(20)21)12(18)8-5-3-4-6-10(8)14(15,16)17/h3-6,9,12H,2,7H2,1H3,(H,20,21). The minimum atomic E-state index is -4.59. The maximum absolute atomic E-state index is 13.1. The average Bonchev–Trinajstić information content (AvgIpc) is 2.74. The van der Waals surface area contributed by atoms with Crippen molar-refractivity contribution in [2.45, 2.75) is 25.6 Å². The Morgan fingerprint density at radius 2 is 2.00 bits per heavy atom. The molecule has 2 atom stereocenters. The smallest absolute Gasteiger partial charge is 0.416 e. The second kappa shape index (κ2) is 5.38. The normalized spacial score (nSPS) is 22.7. The topological polar surface area (TPSA) is 57.6 Å². The molecule has 1 saturated heterocycles.